The first-order valence-electron chi connectivity index (χ1n) is 8.86. The van der Waals surface area contributed by atoms with Crippen molar-refractivity contribution in [2.24, 2.45) is 10.7 Å². The Labute approximate surface area is 155 Å². The molecule has 0 aliphatic carbocycles. The van der Waals surface area contributed by atoms with Crippen molar-refractivity contribution in [3.05, 3.63) is 22.4 Å². The van der Waals surface area contributed by atoms with Crippen molar-refractivity contribution in [2.75, 3.05) is 13.1 Å². The number of aliphatic imine (C=N–C) groups is 1. The molecule has 0 aliphatic heterocycles. The number of alkyl carbamates (subject to hydrolysis) is 1. The number of nitrogens with zero attached hydrogens (tertiary/aromatic N) is 1. The van der Waals surface area contributed by atoms with E-state index >= 15 is 0 Å². The van der Waals surface area contributed by atoms with E-state index in [0.717, 1.165) is 25.7 Å². The maximum absolute atomic E-state index is 11.8. The minimum atomic E-state index is -0.501. The van der Waals surface area contributed by atoms with Gasteiger partial charge in [0.05, 0.1) is 0 Å². The molecule has 1 aromatic rings. The fourth-order valence-electron chi connectivity index (χ4n) is 2.19. The zero-order chi connectivity index (χ0) is 18.7. The summed E-state index contributed by atoms with van der Waals surface area (Å²) >= 11 is 1.72. The predicted octanol–water partition coefficient (Wildman–Crippen LogP) is 3.28. The van der Waals surface area contributed by atoms with Crippen molar-refractivity contribution in [1.82, 2.24) is 10.6 Å². The molecule has 0 saturated carbocycles. The van der Waals surface area contributed by atoms with E-state index in [-0.39, 0.29) is 6.04 Å². The van der Waals surface area contributed by atoms with E-state index < -0.39 is 11.7 Å². The monoisotopic (exact) mass is 368 g/mol. The first-order chi connectivity index (χ1) is 11.8. The molecule has 0 aromatic carbocycles. The average molecular weight is 369 g/mol. The quantitative estimate of drug-likeness (QED) is 0.461. The smallest absolute Gasteiger partial charge is 0.407 e. The second-order valence-corrected chi connectivity index (χ2v) is 7.99. The minimum Gasteiger partial charge on any atom is -0.444 e. The Morgan fingerprint density at radius 3 is 2.80 bits per heavy atom. The average Bonchev–Trinajstić information content (AvgIpc) is 3.01. The summed E-state index contributed by atoms with van der Waals surface area (Å²) < 4.78 is 5.27. The van der Waals surface area contributed by atoms with Gasteiger partial charge in [-0.2, -0.15) is 0 Å². The molecule has 142 valence electrons. The second-order valence-electron chi connectivity index (χ2n) is 6.96. The number of thiophene rings is 1. The summed E-state index contributed by atoms with van der Waals surface area (Å²) in [5.74, 6) is 0.420. The van der Waals surface area contributed by atoms with Gasteiger partial charge in [0, 0.05) is 30.4 Å². The molecule has 7 heteroatoms. The molecule has 1 amide bonds. The first-order valence-corrected chi connectivity index (χ1v) is 9.74. The highest BCUT2D eigenvalue weighted by Gasteiger charge is 2.17. The van der Waals surface area contributed by atoms with Gasteiger partial charge in [0.15, 0.2) is 5.96 Å². The van der Waals surface area contributed by atoms with Gasteiger partial charge in [-0.15, -0.1) is 11.3 Å². The van der Waals surface area contributed by atoms with Crippen molar-refractivity contribution < 1.29 is 9.53 Å². The molecule has 0 bridgehead atoms. The molecule has 0 aliphatic rings. The molecule has 0 spiro atoms. The van der Waals surface area contributed by atoms with Crippen molar-refractivity contribution in [3.63, 3.8) is 0 Å². The number of hydrogen-bond donors (Lipinski definition) is 3. The van der Waals surface area contributed by atoms with E-state index in [1.54, 1.807) is 11.3 Å². The molecule has 0 saturated heterocycles. The maximum Gasteiger partial charge on any atom is 0.407 e. The normalized spacial score (nSPS) is 13.4. The fourth-order valence-corrected chi connectivity index (χ4v) is 2.89. The summed E-state index contributed by atoms with van der Waals surface area (Å²) in [6, 6.07) is 4.17. The second kappa shape index (κ2) is 11.0. The molecule has 0 radical (unpaired) electrons. The molecule has 6 nitrogen and oxygen atoms in total. The number of carbonyl (C=O) groups excluding carboxylic acids is 1. The molecule has 1 aromatic heterocycles. The number of rotatable bonds is 9. The van der Waals surface area contributed by atoms with Crippen LogP contribution in [0.2, 0.25) is 0 Å². The van der Waals surface area contributed by atoms with Crippen LogP contribution >= 0.6 is 11.3 Å². The summed E-state index contributed by atoms with van der Waals surface area (Å²) in [4.78, 5) is 17.5. The number of ether oxygens (including phenoxy) is 1. The molecule has 1 unspecified atom stereocenters. The van der Waals surface area contributed by atoms with Gasteiger partial charge in [0.25, 0.3) is 0 Å². The van der Waals surface area contributed by atoms with Crippen LogP contribution in [-0.2, 0) is 11.2 Å². The highest BCUT2D eigenvalue weighted by Crippen LogP contribution is 2.09. The van der Waals surface area contributed by atoms with E-state index in [1.807, 2.05) is 26.8 Å². The molecule has 0 fully saturated rings. The Balaban J connectivity index is 2.43. The lowest BCUT2D eigenvalue weighted by Crippen LogP contribution is -2.47. The summed E-state index contributed by atoms with van der Waals surface area (Å²) in [5.41, 5.74) is 5.49. The maximum atomic E-state index is 11.8. The standard InChI is InChI=1S/C18H32N4O2S/c1-5-6-8-14(13-21-17(23)24-18(2,3)4)22-16(19)20-11-10-15-9-7-12-25-15/h7,9,12,14H,5-6,8,10-11,13H2,1-4H3,(H,21,23)(H3,19,20,22). The van der Waals surface area contributed by atoms with Crippen molar-refractivity contribution in [3.8, 4) is 0 Å². The van der Waals surface area contributed by atoms with Gasteiger partial charge in [-0.05, 0) is 38.6 Å². The van der Waals surface area contributed by atoms with Crippen LogP contribution in [0.1, 0.15) is 51.8 Å². The van der Waals surface area contributed by atoms with Crippen LogP contribution < -0.4 is 16.4 Å². The minimum absolute atomic E-state index is 0.0398. The van der Waals surface area contributed by atoms with Gasteiger partial charge in [-0.3, -0.25) is 4.99 Å². The van der Waals surface area contributed by atoms with E-state index in [1.165, 1.54) is 4.88 Å². The van der Waals surface area contributed by atoms with Gasteiger partial charge >= 0.3 is 6.09 Å². The highest BCUT2D eigenvalue weighted by atomic mass is 32.1. The fraction of sp³-hybridized carbons (Fsp3) is 0.667. The lowest BCUT2D eigenvalue weighted by molar-refractivity contribution is 0.0523. The van der Waals surface area contributed by atoms with Crippen LogP contribution in [0, 0.1) is 0 Å². The summed E-state index contributed by atoms with van der Waals surface area (Å²) in [6.07, 6.45) is 3.52. The summed E-state index contributed by atoms with van der Waals surface area (Å²) in [7, 11) is 0. The van der Waals surface area contributed by atoms with Crippen LogP contribution in [0.25, 0.3) is 0 Å². The summed E-state index contributed by atoms with van der Waals surface area (Å²) in [5, 5.41) is 8.07. The largest absolute Gasteiger partial charge is 0.444 e. The van der Waals surface area contributed by atoms with Crippen LogP contribution in [0.4, 0.5) is 4.79 Å². The Morgan fingerprint density at radius 1 is 1.44 bits per heavy atom. The van der Waals surface area contributed by atoms with Gasteiger partial charge in [-0.1, -0.05) is 25.8 Å². The topological polar surface area (TPSA) is 88.7 Å². The van der Waals surface area contributed by atoms with Crippen molar-refractivity contribution >= 4 is 23.4 Å². The van der Waals surface area contributed by atoms with Crippen molar-refractivity contribution in [2.45, 2.75) is 65.0 Å². The lowest BCUT2D eigenvalue weighted by Gasteiger charge is -2.23. The van der Waals surface area contributed by atoms with Gasteiger partial charge in [0.1, 0.15) is 5.60 Å². The third-order valence-corrected chi connectivity index (χ3v) is 4.31. The zero-order valence-electron chi connectivity index (χ0n) is 15.8. The lowest BCUT2D eigenvalue weighted by atomic mass is 10.1. The number of nitrogens with one attached hydrogen (secondary N) is 2. The molecular weight excluding hydrogens is 336 g/mol. The van der Waals surface area contributed by atoms with Gasteiger partial charge in [-0.25, -0.2) is 4.79 Å². The van der Waals surface area contributed by atoms with Crippen LogP contribution in [-0.4, -0.2) is 36.8 Å². The molecule has 25 heavy (non-hydrogen) atoms. The Bertz CT molecular complexity index is 524. The van der Waals surface area contributed by atoms with E-state index in [9.17, 15) is 4.79 Å². The first kappa shape index (κ1) is 21.3. The Morgan fingerprint density at radius 2 is 2.20 bits per heavy atom. The SMILES string of the molecule is CCCCC(CNC(=O)OC(C)(C)C)NC(N)=NCCc1cccs1. The van der Waals surface area contributed by atoms with E-state index in [0.29, 0.717) is 19.0 Å². The van der Waals surface area contributed by atoms with Crippen LogP contribution in [0.15, 0.2) is 22.5 Å². The van der Waals surface area contributed by atoms with E-state index in [4.69, 9.17) is 10.5 Å². The zero-order valence-corrected chi connectivity index (χ0v) is 16.6. The Hall–Kier alpha value is -1.76. The Kier molecular flexibility index (Phi) is 9.34. The summed E-state index contributed by atoms with van der Waals surface area (Å²) in [6.45, 7) is 8.78. The number of nitrogens with two attached hydrogens (primary N) is 1. The van der Waals surface area contributed by atoms with Gasteiger partial charge < -0.3 is 21.1 Å². The number of guanidine groups is 1. The molecule has 4 N–H and O–H groups in total. The van der Waals surface area contributed by atoms with Crippen molar-refractivity contribution in [1.29, 1.82) is 0 Å². The third kappa shape index (κ3) is 10.7. The van der Waals surface area contributed by atoms with Gasteiger partial charge in [0.2, 0.25) is 0 Å². The van der Waals surface area contributed by atoms with Crippen LogP contribution in [0.5, 0.6) is 0 Å². The van der Waals surface area contributed by atoms with E-state index in [2.05, 4.69) is 34.0 Å². The number of unbranched alkanes of at least 4 members (excludes halogenated alkanes) is 1. The predicted molar refractivity (Wildman–Crippen MR) is 105 cm³/mol. The van der Waals surface area contributed by atoms with Crippen LogP contribution in [0.3, 0.4) is 0 Å². The number of carbonyl (C=O) groups is 1. The molecule has 1 rings (SSSR count). The third-order valence-electron chi connectivity index (χ3n) is 3.37. The number of hydrogen-bond acceptors (Lipinski definition) is 4. The molecule has 1 heterocycles. The number of amides is 1. The highest BCUT2D eigenvalue weighted by molar-refractivity contribution is 7.09. The molecule has 1 atom stereocenters. The molecular formula is C18H32N4O2S.